The molecule has 108 valence electrons. The Kier molecular flexibility index (Phi) is 3.76. The Morgan fingerprint density at radius 2 is 2.14 bits per heavy atom. The smallest absolute Gasteiger partial charge is 0.147 e. The third kappa shape index (κ3) is 2.70. The minimum absolute atomic E-state index is 0.526. The highest BCUT2D eigenvalue weighted by Gasteiger charge is 2.24. The Labute approximate surface area is 125 Å². The maximum Gasteiger partial charge on any atom is 0.147 e. The molecule has 3 rings (SSSR count). The van der Waals surface area contributed by atoms with E-state index in [4.69, 9.17) is 4.98 Å². The topological polar surface area (TPSA) is 43.2 Å². The predicted octanol–water partition coefficient (Wildman–Crippen LogP) is 2.64. The standard InChI is InChI=1S/C17H20N4/c1-20(2)15-7-5-9-21(12-15)17-14(11-18)10-13-6-3-4-8-16(13)19-17/h3-4,6,8,10,15H,5,7,9,12H2,1-2H3. The molecule has 0 saturated carbocycles. The molecule has 0 bridgehead atoms. The van der Waals surface area contributed by atoms with E-state index in [-0.39, 0.29) is 0 Å². The first kappa shape index (κ1) is 13.8. The van der Waals surface area contributed by atoms with E-state index in [2.05, 4.69) is 30.0 Å². The van der Waals surface area contributed by atoms with E-state index in [1.165, 1.54) is 6.42 Å². The van der Waals surface area contributed by atoms with Crippen LogP contribution < -0.4 is 4.90 Å². The van der Waals surface area contributed by atoms with Crippen LogP contribution in [0.15, 0.2) is 30.3 Å². The number of piperidine rings is 1. The Bertz CT molecular complexity index is 687. The number of para-hydroxylation sites is 1. The quantitative estimate of drug-likeness (QED) is 0.848. The first-order chi connectivity index (χ1) is 10.2. The van der Waals surface area contributed by atoms with Gasteiger partial charge in [0.15, 0.2) is 0 Å². The molecule has 0 radical (unpaired) electrons. The average molecular weight is 280 g/mol. The van der Waals surface area contributed by atoms with Crippen LogP contribution >= 0.6 is 0 Å². The zero-order chi connectivity index (χ0) is 14.8. The van der Waals surface area contributed by atoms with Gasteiger partial charge in [-0.15, -0.1) is 0 Å². The minimum Gasteiger partial charge on any atom is -0.354 e. The van der Waals surface area contributed by atoms with Crippen LogP contribution in [0.3, 0.4) is 0 Å². The lowest BCUT2D eigenvalue weighted by molar-refractivity contribution is 0.257. The summed E-state index contributed by atoms with van der Waals surface area (Å²) in [5.74, 6) is 0.836. The van der Waals surface area contributed by atoms with Crippen LogP contribution in [-0.2, 0) is 0 Å². The summed E-state index contributed by atoms with van der Waals surface area (Å²) in [6.45, 7) is 1.91. The van der Waals surface area contributed by atoms with Crippen molar-refractivity contribution in [3.05, 3.63) is 35.9 Å². The first-order valence-electron chi connectivity index (χ1n) is 7.40. The van der Waals surface area contributed by atoms with Gasteiger partial charge in [0, 0.05) is 24.5 Å². The second-order valence-electron chi connectivity index (χ2n) is 5.87. The fraction of sp³-hybridized carbons (Fsp3) is 0.412. The zero-order valence-corrected chi connectivity index (χ0v) is 12.6. The van der Waals surface area contributed by atoms with E-state index >= 15 is 0 Å². The molecule has 0 spiro atoms. The first-order valence-corrected chi connectivity index (χ1v) is 7.40. The van der Waals surface area contributed by atoms with Crippen LogP contribution in [0.5, 0.6) is 0 Å². The number of nitrogens with zero attached hydrogens (tertiary/aromatic N) is 4. The number of nitriles is 1. The summed E-state index contributed by atoms with van der Waals surface area (Å²) in [6, 6.07) is 12.8. The van der Waals surface area contributed by atoms with E-state index in [9.17, 15) is 5.26 Å². The molecule has 1 aliphatic rings. The maximum atomic E-state index is 9.46. The average Bonchev–Trinajstić information content (AvgIpc) is 2.53. The van der Waals surface area contributed by atoms with E-state index < -0.39 is 0 Å². The highest BCUT2D eigenvalue weighted by molar-refractivity contribution is 5.83. The minimum atomic E-state index is 0.526. The second kappa shape index (κ2) is 5.71. The lowest BCUT2D eigenvalue weighted by Gasteiger charge is -2.37. The van der Waals surface area contributed by atoms with Gasteiger partial charge in [-0.25, -0.2) is 4.98 Å². The van der Waals surface area contributed by atoms with Crippen molar-refractivity contribution in [2.24, 2.45) is 0 Å². The Hall–Kier alpha value is -2.12. The Balaban J connectivity index is 2.00. The predicted molar refractivity (Wildman–Crippen MR) is 85.4 cm³/mol. The third-order valence-electron chi connectivity index (χ3n) is 4.25. The molecule has 2 heterocycles. The molecule has 1 aromatic carbocycles. The van der Waals surface area contributed by atoms with E-state index in [0.717, 1.165) is 36.2 Å². The normalized spacial score (nSPS) is 19.0. The number of hydrogen-bond donors (Lipinski definition) is 0. The van der Waals surface area contributed by atoms with Crippen molar-refractivity contribution in [3.8, 4) is 6.07 Å². The molecular weight excluding hydrogens is 260 g/mol. The van der Waals surface area contributed by atoms with Crippen molar-refractivity contribution in [1.29, 1.82) is 5.26 Å². The maximum absolute atomic E-state index is 9.46. The zero-order valence-electron chi connectivity index (χ0n) is 12.6. The molecule has 4 heteroatoms. The molecule has 1 aromatic heterocycles. The van der Waals surface area contributed by atoms with E-state index in [1.54, 1.807) is 0 Å². The summed E-state index contributed by atoms with van der Waals surface area (Å²) in [6.07, 6.45) is 2.35. The van der Waals surface area contributed by atoms with Crippen molar-refractivity contribution < 1.29 is 0 Å². The fourth-order valence-corrected chi connectivity index (χ4v) is 3.00. The summed E-state index contributed by atoms with van der Waals surface area (Å²) in [7, 11) is 4.24. The van der Waals surface area contributed by atoms with Crippen LogP contribution in [0.1, 0.15) is 18.4 Å². The van der Waals surface area contributed by atoms with Crippen molar-refractivity contribution >= 4 is 16.7 Å². The van der Waals surface area contributed by atoms with Crippen molar-refractivity contribution in [3.63, 3.8) is 0 Å². The lowest BCUT2D eigenvalue weighted by atomic mass is 10.0. The van der Waals surface area contributed by atoms with Crippen LogP contribution in [0, 0.1) is 11.3 Å². The number of likely N-dealkylation sites (N-methyl/N-ethyl adjacent to an activating group) is 1. The number of benzene rings is 1. The number of anilines is 1. The molecule has 1 fully saturated rings. The van der Waals surface area contributed by atoms with E-state index in [0.29, 0.717) is 11.6 Å². The number of aromatic nitrogens is 1. The summed E-state index contributed by atoms with van der Waals surface area (Å²) in [4.78, 5) is 9.27. The Morgan fingerprint density at radius 1 is 1.33 bits per heavy atom. The van der Waals surface area contributed by atoms with Crippen LogP contribution in [0.25, 0.3) is 10.9 Å². The number of hydrogen-bond acceptors (Lipinski definition) is 4. The summed E-state index contributed by atoms with van der Waals surface area (Å²) >= 11 is 0. The monoisotopic (exact) mass is 280 g/mol. The highest BCUT2D eigenvalue weighted by Crippen LogP contribution is 2.26. The third-order valence-corrected chi connectivity index (χ3v) is 4.25. The second-order valence-corrected chi connectivity index (χ2v) is 5.87. The molecule has 1 atom stereocenters. The molecule has 2 aromatic rings. The van der Waals surface area contributed by atoms with Gasteiger partial charge in [0.2, 0.25) is 0 Å². The van der Waals surface area contributed by atoms with Gasteiger partial charge in [0.05, 0.1) is 11.1 Å². The Morgan fingerprint density at radius 3 is 2.90 bits per heavy atom. The molecule has 1 saturated heterocycles. The SMILES string of the molecule is CN(C)C1CCCN(c2nc3ccccc3cc2C#N)C1. The van der Waals surface area contributed by atoms with Gasteiger partial charge in [-0.3, -0.25) is 0 Å². The van der Waals surface area contributed by atoms with Crippen LogP contribution in [0.2, 0.25) is 0 Å². The lowest BCUT2D eigenvalue weighted by Crippen LogP contribution is -2.45. The summed E-state index contributed by atoms with van der Waals surface area (Å²) < 4.78 is 0. The molecule has 4 nitrogen and oxygen atoms in total. The molecule has 0 aliphatic carbocycles. The van der Waals surface area contributed by atoms with Gasteiger partial charge in [-0.1, -0.05) is 18.2 Å². The molecule has 1 aliphatic heterocycles. The fourth-order valence-electron chi connectivity index (χ4n) is 3.00. The van der Waals surface area contributed by atoms with Crippen LogP contribution in [0.4, 0.5) is 5.82 Å². The van der Waals surface area contributed by atoms with Gasteiger partial charge < -0.3 is 9.80 Å². The highest BCUT2D eigenvalue weighted by atomic mass is 15.2. The van der Waals surface area contributed by atoms with Crippen molar-refractivity contribution in [1.82, 2.24) is 9.88 Å². The largest absolute Gasteiger partial charge is 0.354 e. The van der Waals surface area contributed by atoms with Gasteiger partial charge in [-0.2, -0.15) is 5.26 Å². The van der Waals surface area contributed by atoms with Gasteiger partial charge in [0.25, 0.3) is 0 Å². The summed E-state index contributed by atoms with van der Waals surface area (Å²) in [5, 5.41) is 10.5. The number of fused-ring (bicyclic) bond motifs is 1. The number of pyridine rings is 1. The molecular formula is C17H20N4. The summed E-state index contributed by atoms with van der Waals surface area (Å²) in [5.41, 5.74) is 1.63. The molecule has 0 N–H and O–H groups in total. The molecule has 21 heavy (non-hydrogen) atoms. The van der Waals surface area contributed by atoms with Gasteiger partial charge in [0.1, 0.15) is 11.9 Å². The molecule has 0 amide bonds. The van der Waals surface area contributed by atoms with Crippen molar-refractivity contribution in [2.75, 3.05) is 32.1 Å². The van der Waals surface area contributed by atoms with Crippen LogP contribution in [-0.4, -0.2) is 43.1 Å². The van der Waals surface area contributed by atoms with E-state index in [1.807, 2.05) is 30.3 Å². The number of rotatable bonds is 2. The molecule has 1 unspecified atom stereocenters. The van der Waals surface area contributed by atoms with Gasteiger partial charge in [-0.05, 0) is 39.1 Å². The van der Waals surface area contributed by atoms with Gasteiger partial charge >= 0.3 is 0 Å². The van der Waals surface area contributed by atoms with Crippen molar-refractivity contribution in [2.45, 2.75) is 18.9 Å².